The van der Waals surface area contributed by atoms with Crippen molar-refractivity contribution >= 4 is 13.2 Å². The fourth-order valence-electron chi connectivity index (χ4n) is 1.41. The van der Waals surface area contributed by atoms with E-state index in [2.05, 4.69) is 45.0 Å². The third kappa shape index (κ3) is 2.32. The summed E-state index contributed by atoms with van der Waals surface area (Å²) in [5.74, 6) is 0. The molecule has 0 saturated heterocycles. The highest BCUT2D eigenvalue weighted by Gasteiger charge is 2.04. The summed E-state index contributed by atoms with van der Waals surface area (Å²) < 4.78 is 0. The second-order valence-corrected chi connectivity index (χ2v) is 5.87. The number of aryl methyl sites for hydroxylation is 1. The average molecular weight is 180 g/mol. The van der Waals surface area contributed by atoms with Crippen LogP contribution in [-0.2, 0) is 0 Å². The summed E-state index contributed by atoms with van der Waals surface area (Å²) in [6, 6.07) is 8.94. The van der Waals surface area contributed by atoms with Crippen molar-refractivity contribution in [3.05, 3.63) is 29.8 Å². The molecule has 0 N–H and O–H groups in total. The molecule has 0 atom stereocenters. The number of hydrogen-bond acceptors (Lipinski definition) is 0. The maximum absolute atomic E-state index is 2.33. The van der Waals surface area contributed by atoms with Crippen molar-refractivity contribution in [1.82, 2.24) is 0 Å². The molecule has 0 aliphatic heterocycles. The van der Waals surface area contributed by atoms with Crippen molar-refractivity contribution in [1.29, 1.82) is 0 Å². The quantitative estimate of drug-likeness (QED) is 0.627. The first-order valence-corrected chi connectivity index (χ1v) is 6.30. The van der Waals surface area contributed by atoms with Gasteiger partial charge in [-0.1, -0.05) is 51.6 Å². The Labute approximate surface area is 76.8 Å². The Balaban J connectivity index is 2.85. The lowest BCUT2D eigenvalue weighted by Crippen LogP contribution is -2.03. The molecule has 0 radical (unpaired) electrons. The second-order valence-electron chi connectivity index (χ2n) is 3.01. The Hall–Kier alpha value is -0.350. The van der Waals surface area contributed by atoms with Gasteiger partial charge in [-0.15, -0.1) is 0 Å². The topological polar surface area (TPSA) is 0 Å². The third-order valence-electron chi connectivity index (χ3n) is 2.13. The summed E-state index contributed by atoms with van der Waals surface area (Å²) in [6.45, 7) is 6.75. The summed E-state index contributed by atoms with van der Waals surface area (Å²) in [4.78, 5) is 0. The van der Waals surface area contributed by atoms with E-state index in [1.807, 2.05) is 0 Å². The van der Waals surface area contributed by atoms with Crippen LogP contribution in [0.4, 0.5) is 0 Å². The second kappa shape index (κ2) is 4.62. The molecule has 1 heteroatoms. The summed E-state index contributed by atoms with van der Waals surface area (Å²) in [7, 11) is 0.132. The highest BCUT2D eigenvalue weighted by molar-refractivity contribution is 7.65. The van der Waals surface area contributed by atoms with Gasteiger partial charge in [0.15, 0.2) is 0 Å². The molecule has 0 spiro atoms. The highest BCUT2D eigenvalue weighted by Crippen LogP contribution is 2.32. The fourth-order valence-corrected chi connectivity index (χ4v) is 3.27. The zero-order valence-electron chi connectivity index (χ0n) is 8.17. The van der Waals surface area contributed by atoms with Crippen molar-refractivity contribution in [2.75, 3.05) is 12.3 Å². The Morgan fingerprint density at radius 3 is 2.33 bits per heavy atom. The van der Waals surface area contributed by atoms with Gasteiger partial charge in [0.05, 0.1) is 0 Å². The smallest absolute Gasteiger partial charge is 0.0238 e. The molecule has 0 aliphatic rings. The standard InChI is InChI=1S/C11H17P/c1-4-12(5-2)11-8-6-7-10(3)9-11/h6-9H,4-5H2,1-3H3. The monoisotopic (exact) mass is 180 g/mol. The van der Waals surface area contributed by atoms with Crippen LogP contribution in [0.25, 0.3) is 0 Å². The van der Waals surface area contributed by atoms with Crippen LogP contribution in [0.2, 0.25) is 0 Å². The largest absolute Gasteiger partial charge is 0.0759 e. The molecule has 0 saturated carbocycles. The number of hydrogen-bond donors (Lipinski definition) is 0. The Bertz CT molecular complexity index is 239. The van der Waals surface area contributed by atoms with Gasteiger partial charge in [0.1, 0.15) is 0 Å². The van der Waals surface area contributed by atoms with Gasteiger partial charge in [-0.3, -0.25) is 0 Å². The maximum Gasteiger partial charge on any atom is -0.0238 e. The summed E-state index contributed by atoms with van der Waals surface area (Å²) in [5.41, 5.74) is 1.39. The lowest BCUT2D eigenvalue weighted by atomic mass is 10.2. The molecular weight excluding hydrogens is 163 g/mol. The molecule has 0 fully saturated rings. The van der Waals surface area contributed by atoms with Crippen LogP contribution in [0, 0.1) is 6.92 Å². The van der Waals surface area contributed by atoms with Crippen LogP contribution in [0.1, 0.15) is 19.4 Å². The molecule has 12 heavy (non-hydrogen) atoms. The van der Waals surface area contributed by atoms with Gasteiger partial charge in [-0.05, 0) is 24.6 Å². The molecular formula is C11H17P. The van der Waals surface area contributed by atoms with E-state index >= 15 is 0 Å². The van der Waals surface area contributed by atoms with Crippen LogP contribution in [0.15, 0.2) is 24.3 Å². The van der Waals surface area contributed by atoms with Crippen molar-refractivity contribution in [2.45, 2.75) is 20.8 Å². The first kappa shape index (κ1) is 9.74. The zero-order chi connectivity index (χ0) is 8.97. The molecule has 0 amide bonds. The van der Waals surface area contributed by atoms with Crippen molar-refractivity contribution in [2.24, 2.45) is 0 Å². The minimum absolute atomic E-state index is 0.132. The molecule has 0 bridgehead atoms. The Morgan fingerprint density at radius 1 is 1.17 bits per heavy atom. The fraction of sp³-hybridized carbons (Fsp3) is 0.455. The number of benzene rings is 1. The van der Waals surface area contributed by atoms with E-state index in [1.54, 1.807) is 5.30 Å². The molecule has 0 unspecified atom stereocenters. The third-order valence-corrected chi connectivity index (χ3v) is 4.67. The minimum atomic E-state index is 0.132. The van der Waals surface area contributed by atoms with Crippen LogP contribution >= 0.6 is 7.92 Å². The van der Waals surface area contributed by atoms with Gasteiger partial charge < -0.3 is 0 Å². The van der Waals surface area contributed by atoms with Crippen LogP contribution in [0.5, 0.6) is 0 Å². The van der Waals surface area contributed by atoms with Gasteiger partial charge in [0.25, 0.3) is 0 Å². The molecule has 0 aliphatic carbocycles. The molecule has 0 aromatic heterocycles. The molecule has 0 heterocycles. The Kier molecular flexibility index (Phi) is 3.75. The summed E-state index contributed by atoms with van der Waals surface area (Å²) in [6.07, 6.45) is 2.63. The zero-order valence-corrected chi connectivity index (χ0v) is 9.07. The van der Waals surface area contributed by atoms with E-state index in [1.165, 1.54) is 17.9 Å². The molecule has 0 nitrogen and oxygen atoms in total. The van der Waals surface area contributed by atoms with Crippen LogP contribution < -0.4 is 5.30 Å². The molecule has 1 aromatic carbocycles. The van der Waals surface area contributed by atoms with E-state index < -0.39 is 0 Å². The highest BCUT2D eigenvalue weighted by atomic mass is 31.1. The van der Waals surface area contributed by atoms with E-state index in [0.29, 0.717) is 0 Å². The van der Waals surface area contributed by atoms with Gasteiger partial charge in [0, 0.05) is 0 Å². The van der Waals surface area contributed by atoms with Crippen molar-refractivity contribution in [3.8, 4) is 0 Å². The first-order chi connectivity index (χ1) is 5.77. The van der Waals surface area contributed by atoms with Gasteiger partial charge in [-0.25, -0.2) is 0 Å². The van der Waals surface area contributed by atoms with Crippen LogP contribution in [-0.4, -0.2) is 12.3 Å². The Morgan fingerprint density at radius 2 is 1.83 bits per heavy atom. The predicted octanol–water partition coefficient (Wildman–Crippen LogP) is 3.14. The minimum Gasteiger partial charge on any atom is -0.0759 e. The lowest BCUT2D eigenvalue weighted by molar-refractivity contribution is 1.41. The van der Waals surface area contributed by atoms with E-state index in [0.717, 1.165) is 0 Å². The molecule has 66 valence electrons. The number of rotatable bonds is 3. The van der Waals surface area contributed by atoms with Crippen molar-refractivity contribution < 1.29 is 0 Å². The van der Waals surface area contributed by atoms with Crippen molar-refractivity contribution in [3.63, 3.8) is 0 Å². The first-order valence-electron chi connectivity index (χ1n) is 4.59. The normalized spacial score (nSPS) is 10.7. The summed E-state index contributed by atoms with van der Waals surface area (Å²) in [5, 5.41) is 1.56. The summed E-state index contributed by atoms with van der Waals surface area (Å²) >= 11 is 0. The lowest BCUT2D eigenvalue weighted by Gasteiger charge is -2.13. The molecule has 1 rings (SSSR count). The van der Waals surface area contributed by atoms with Crippen LogP contribution in [0.3, 0.4) is 0 Å². The van der Waals surface area contributed by atoms with Gasteiger partial charge in [0.2, 0.25) is 0 Å². The molecule has 1 aromatic rings. The average Bonchev–Trinajstić information content (AvgIpc) is 2.07. The van der Waals surface area contributed by atoms with Gasteiger partial charge >= 0.3 is 0 Å². The van der Waals surface area contributed by atoms with Gasteiger partial charge in [-0.2, -0.15) is 0 Å². The van der Waals surface area contributed by atoms with E-state index in [-0.39, 0.29) is 7.92 Å². The van der Waals surface area contributed by atoms with E-state index in [4.69, 9.17) is 0 Å². The SMILES string of the molecule is CCP(CC)c1cccc(C)c1. The maximum atomic E-state index is 2.33. The predicted molar refractivity (Wildman–Crippen MR) is 58.8 cm³/mol. The van der Waals surface area contributed by atoms with E-state index in [9.17, 15) is 0 Å².